The van der Waals surface area contributed by atoms with Crippen LogP contribution in [0.3, 0.4) is 0 Å². The molecule has 2 aromatic rings. The topological polar surface area (TPSA) is 66.8 Å². The van der Waals surface area contributed by atoms with Crippen molar-refractivity contribution in [3.63, 3.8) is 0 Å². The maximum absolute atomic E-state index is 11.7. The molecule has 0 aromatic heterocycles. The van der Waals surface area contributed by atoms with E-state index in [2.05, 4.69) is 86.6 Å². The van der Waals surface area contributed by atoms with Crippen LogP contribution in [-0.4, -0.2) is 39.1 Å². The van der Waals surface area contributed by atoms with Gasteiger partial charge in [0.1, 0.15) is 18.1 Å². The maximum atomic E-state index is 11.7. The van der Waals surface area contributed by atoms with Crippen LogP contribution in [0, 0.1) is 11.8 Å². The maximum Gasteiger partial charge on any atom is 0.126 e. The summed E-state index contributed by atoms with van der Waals surface area (Å²) in [5.74, 6) is 2.21. The van der Waals surface area contributed by atoms with E-state index in [4.69, 9.17) is 4.74 Å². The molecule has 0 saturated carbocycles. The Balaban J connectivity index is 2.75. The Labute approximate surface area is 228 Å². The van der Waals surface area contributed by atoms with Crippen LogP contribution in [0.5, 0.6) is 11.5 Å². The monoisotopic (exact) mass is 530 g/mol. The first-order valence-electron chi connectivity index (χ1n) is 13.8. The van der Waals surface area contributed by atoms with Gasteiger partial charge in [-0.1, -0.05) is 86.6 Å². The summed E-state index contributed by atoms with van der Waals surface area (Å²) in [7, 11) is -1.11. The van der Waals surface area contributed by atoms with Crippen molar-refractivity contribution in [2.75, 3.05) is 18.6 Å². The van der Waals surface area contributed by atoms with Crippen LogP contribution in [0.25, 0.3) is 0 Å². The number of hydrogen-bond acceptors (Lipinski definition) is 4. The molecule has 0 fully saturated rings. The van der Waals surface area contributed by atoms with Gasteiger partial charge in [-0.25, -0.2) is 0 Å². The second kappa shape index (κ2) is 13.3. The molecule has 3 unspecified atom stereocenters. The minimum Gasteiger partial charge on any atom is -0.507 e. The van der Waals surface area contributed by atoms with Crippen LogP contribution >= 0.6 is 0 Å². The minimum atomic E-state index is -1.11. The fourth-order valence-electron chi connectivity index (χ4n) is 4.98. The van der Waals surface area contributed by atoms with Crippen molar-refractivity contribution in [1.29, 1.82) is 0 Å². The molecule has 0 aliphatic carbocycles. The van der Waals surface area contributed by atoms with Crippen molar-refractivity contribution in [3.8, 4) is 11.5 Å². The number of aryl methyl sites for hydroxylation is 1. The molecule has 0 amide bonds. The number of ether oxygens (including phenoxy) is 1. The Bertz CT molecular complexity index is 1070. The molecule has 3 atom stereocenters. The quantitative estimate of drug-likeness (QED) is 0.313. The molecule has 2 rings (SSSR count). The number of aliphatic hydroxyl groups is 1. The van der Waals surface area contributed by atoms with Gasteiger partial charge in [0, 0.05) is 39.7 Å². The number of benzene rings is 2. The van der Waals surface area contributed by atoms with Crippen LogP contribution in [-0.2, 0) is 35.5 Å². The average Bonchev–Trinajstić information content (AvgIpc) is 2.76. The molecular weight excluding hydrogens is 480 g/mol. The van der Waals surface area contributed by atoms with Gasteiger partial charge < -0.3 is 14.9 Å². The van der Waals surface area contributed by atoms with E-state index in [0.717, 1.165) is 47.3 Å². The zero-order valence-corrected chi connectivity index (χ0v) is 25.6. The molecule has 208 valence electrons. The zero-order valence-electron chi connectivity index (χ0n) is 24.8. The van der Waals surface area contributed by atoms with E-state index in [1.807, 2.05) is 0 Å². The fraction of sp³-hybridized carbons (Fsp3) is 0.625. The second-order valence-corrected chi connectivity index (χ2v) is 14.0. The number of aliphatic hydroxyl groups excluding tert-OH is 1. The highest BCUT2D eigenvalue weighted by Gasteiger charge is 2.28. The van der Waals surface area contributed by atoms with Crippen LogP contribution in [0.4, 0.5) is 0 Å². The molecule has 4 nitrogen and oxygen atoms in total. The Morgan fingerprint density at radius 2 is 1.46 bits per heavy atom. The Hall–Kier alpha value is -1.85. The lowest BCUT2D eigenvalue weighted by atomic mass is 9.79. The van der Waals surface area contributed by atoms with Crippen molar-refractivity contribution < 1.29 is 19.2 Å². The van der Waals surface area contributed by atoms with Gasteiger partial charge in [-0.05, 0) is 53.2 Å². The highest BCUT2D eigenvalue weighted by atomic mass is 32.2. The summed E-state index contributed by atoms with van der Waals surface area (Å²) < 4.78 is 18.1. The van der Waals surface area contributed by atoms with Crippen LogP contribution in [0.15, 0.2) is 24.3 Å². The molecule has 0 aliphatic rings. The predicted molar refractivity (Wildman–Crippen MR) is 158 cm³/mol. The lowest BCUT2D eigenvalue weighted by Gasteiger charge is -2.29. The van der Waals surface area contributed by atoms with Gasteiger partial charge in [0.25, 0.3) is 0 Å². The lowest BCUT2D eigenvalue weighted by Crippen LogP contribution is -2.26. The minimum absolute atomic E-state index is 0.0749. The molecule has 0 saturated heterocycles. The smallest absolute Gasteiger partial charge is 0.126 e. The standard InChI is InChI=1S/C32H50O4S/c1-11-25-14-23(12-20(2)3)15-27(30(25)34)22(6)28-16-24(13-21(4)5)17-29(32(7,8)9)31(28)36-18-26(33)19-37(10)35/h14-17,20-22,26,33-34H,11-13,18-19H2,1-10H3. The Morgan fingerprint density at radius 3 is 1.95 bits per heavy atom. The van der Waals surface area contributed by atoms with Crippen molar-refractivity contribution in [2.45, 2.75) is 99.0 Å². The first kappa shape index (κ1) is 31.4. The van der Waals surface area contributed by atoms with E-state index >= 15 is 0 Å². The number of rotatable bonds is 12. The van der Waals surface area contributed by atoms with Gasteiger partial charge in [0.15, 0.2) is 0 Å². The molecule has 37 heavy (non-hydrogen) atoms. The van der Waals surface area contributed by atoms with Crippen molar-refractivity contribution in [1.82, 2.24) is 0 Å². The fourth-order valence-corrected chi connectivity index (χ4v) is 5.62. The van der Waals surface area contributed by atoms with Crippen molar-refractivity contribution >= 4 is 10.8 Å². The highest BCUT2D eigenvalue weighted by molar-refractivity contribution is 7.84. The van der Waals surface area contributed by atoms with Gasteiger partial charge in [-0.15, -0.1) is 0 Å². The van der Waals surface area contributed by atoms with Gasteiger partial charge in [-0.3, -0.25) is 4.21 Å². The van der Waals surface area contributed by atoms with Gasteiger partial charge >= 0.3 is 0 Å². The molecule has 0 bridgehead atoms. The highest BCUT2D eigenvalue weighted by Crippen LogP contribution is 2.44. The van der Waals surface area contributed by atoms with E-state index in [1.54, 1.807) is 6.26 Å². The molecule has 5 heteroatoms. The number of hydrogen-bond donors (Lipinski definition) is 2. The van der Waals surface area contributed by atoms with Gasteiger partial charge in [0.05, 0.1) is 11.9 Å². The first-order chi connectivity index (χ1) is 17.1. The third kappa shape index (κ3) is 8.85. The van der Waals surface area contributed by atoms with E-state index in [1.165, 1.54) is 11.1 Å². The van der Waals surface area contributed by atoms with Crippen LogP contribution < -0.4 is 4.74 Å². The Morgan fingerprint density at radius 1 is 0.919 bits per heavy atom. The SMILES string of the molecule is CCc1cc(CC(C)C)cc(C(C)c2cc(CC(C)C)cc(C(C)(C)C)c2OCC(O)CS(C)=O)c1O. The third-order valence-electron chi connectivity index (χ3n) is 6.71. The zero-order chi connectivity index (χ0) is 28.1. The number of phenolic OH excluding ortho intramolecular Hbond substituents is 1. The summed E-state index contributed by atoms with van der Waals surface area (Å²) in [6, 6.07) is 8.76. The van der Waals surface area contributed by atoms with E-state index < -0.39 is 16.9 Å². The first-order valence-corrected chi connectivity index (χ1v) is 15.5. The molecule has 2 aromatic carbocycles. The van der Waals surface area contributed by atoms with E-state index in [0.29, 0.717) is 17.6 Å². The molecule has 0 heterocycles. The number of aromatic hydroxyl groups is 1. The summed E-state index contributed by atoms with van der Waals surface area (Å²) in [5.41, 5.74) is 6.29. The van der Waals surface area contributed by atoms with Crippen molar-refractivity contribution in [2.24, 2.45) is 11.8 Å². The average molecular weight is 531 g/mol. The van der Waals surface area contributed by atoms with Gasteiger partial charge in [0.2, 0.25) is 0 Å². The molecular formula is C32H50O4S. The largest absolute Gasteiger partial charge is 0.507 e. The van der Waals surface area contributed by atoms with Crippen LogP contribution in [0.2, 0.25) is 0 Å². The summed E-state index contributed by atoms with van der Waals surface area (Å²) in [5, 5.41) is 21.8. The van der Waals surface area contributed by atoms with E-state index in [9.17, 15) is 14.4 Å². The molecule has 0 aliphatic heterocycles. The van der Waals surface area contributed by atoms with Crippen molar-refractivity contribution in [3.05, 3.63) is 57.6 Å². The van der Waals surface area contributed by atoms with Crippen LogP contribution in [0.1, 0.15) is 102 Å². The second-order valence-electron chi connectivity index (χ2n) is 12.5. The third-order valence-corrected chi connectivity index (χ3v) is 7.57. The van der Waals surface area contributed by atoms with E-state index in [-0.39, 0.29) is 23.7 Å². The molecule has 2 N–H and O–H groups in total. The summed E-state index contributed by atoms with van der Waals surface area (Å²) in [4.78, 5) is 0. The summed E-state index contributed by atoms with van der Waals surface area (Å²) in [6.45, 7) is 19.7. The molecule has 0 spiro atoms. The number of phenols is 1. The summed E-state index contributed by atoms with van der Waals surface area (Å²) >= 11 is 0. The normalized spacial score (nSPS) is 14.7. The molecule has 0 radical (unpaired) electrons. The summed E-state index contributed by atoms with van der Waals surface area (Å²) in [6.07, 6.45) is 3.45. The van der Waals surface area contributed by atoms with Gasteiger partial charge in [-0.2, -0.15) is 0 Å². The Kier molecular flexibility index (Phi) is 11.3. The lowest BCUT2D eigenvalue weighted by molar-refractivity contribution is 0.123. The predicted octanol–water partition coefficient (Wildman–Crippen LogP) is 6.92.